The molecular weight excluding hydrogens is 250 g/mol. The summed E-state index contributed by atoms with van der Waals surface area (Å²) in [5.74, 6) is 0. The van der Waals surface area contributed by atoms with Crippen LogP contribution in [0.1, 0.15) is 26.3 Å². The first kappa shape index (κ1) is 14.9. The van der Waals surface area contributed by atoms with Crippen molar-refractivity contribution in [1.82, 2.24) is 10.0 Å². The number of benzene rings is 1. The van der Waals surface area contributed by atoms with Crippen molar-refractivity contribution < 1.29 is 8.42 Å². The van der Waals surface area contributed by atoms with E-state index in [0.29, 0.717) is 24.8 Å². The maximum atomic E-state index is 11.5. The van der Waals surface area contributed by atoms with Crippen molar-refractivity contribution in [2.75, 3.05) is 11.3 Å². The van der Waals surface area contributed by atoms with Crippen molar-refractivity contribution in [3.8, 4) is 0 Å². The topological polar surface area (TPSA) is 70.2 Å². The third-order valence-electron chi connectivity index (χ3n) is 2.23. The standard InChI is InChI=1S/C12H21N3O2S/c1-4-14-18(16,17)15-12-7-5-6-11(8-12)9-13-10(2)3/h5-8,10,13-15H,4,9H2,1-3H3. The Morgan fingerprint density at radius 3 is 2.61 bits per heavy atom. The SMILES string of the molecule is CCNS(=O)(=O)Nc1cccc(CNC(C)C)c1. The number of nitrogens with one attached hydrogen (secondary N) is 3. The highest BCUT2D eigenvalue weighted by molar-refractivity contribution is 7.90. The number of hydrogen-bond acceptors (Lipinski definition) is 3. The highest BCUT2D eigenvalue weighted by Gasteiger charge is 2.07. The molecule has 1 aromatic rings. The monoisotopic (exact) mass is 271 g/mol. The Bertz CT molecular complexity index is 472. The largest absolute Gasteiger partial charge is 0.310 e. The third kappa shape index (κ3) is 5.48. The van der Waals surface area contributed by atoms with Crippen LogP contribution >= 0.6 is 0 Å². The summed E-state index contributed by atoms with van der Waals surface area (Å²) in [5.41, 5.74) is 1.61. The third-order valence-corrected chi connectivity index (χ3v) is 3.40. The molecule has 0 spiro atoms. The van der Waals surface area contributed by atoms with Gasteiger partial charge in [0, 0.05) is 19.1 Å². The fourth-order valence-corrected chi connectivity index (χ4v) is 2.34. The Balaban J connectivity index is 2.70. The molecule has 0 radical (unpaired) electrons. The Morgan fingerprint density at radius 1 is 1.28 bits per heavy atom. The van der Waals surface area contributed by atoms with Gasteiger partial charge in [-0.15, -0.1) is 0 Å². The van der Waals surface area contributed by atoms with Crippen LogP contribution in [0.25, 0.3) is 0 Å². The summed E-state index contributed by atoms with van der Waals surface area (Å²) in [6.45, 7) is 6.95. The van der Waals surface area contributed by atoms with Gasteiger partial charge in [-0.3, -0.25) is 4.72 Å². The maximum Gasteiger partial charge on any atom is 0.299 e. The molecule has 0 fully saturated rings. The lowest BCUT2D eigenvalue weighted by Gasteiger charge is -2.11. The van der Waals surface area contributed by atoms with Crippen LogP contribution in [-0.4, -0.2) is 21.0 Å². The van der Waals surface area contributed by atoms with Crippen molar-refractivity contribution >= 4 is 15.9 Å². The normalized spacial score (nSPS) is 11.8. The first-order valence-corrected chi connectivity index (χ1v) is 7.51. The smallest absolute Gasteiger partial charge is 0.299 e. The summed E-state index contributed by atoms with van der Waals surface area (Å²) in [6.07, 6.45) is 0. The lowest BCUT2D eigenvalue weighted by molar-refractivity contribution is 0.587. The first-order chi connectivity index (χ1) is 8.43. The van der Waals surface area contributed by atoms with Gasteiger partial charge in [0.25, 0.3) is 10.2 Å². The van der Waals surface area contributed by atoms with E-state index in [2.05, 4.69) is 28.6 Å². The van der Waals surface area contributed by atoms with E-state index in [1.54, 1.807) is 13.0 Å². The number of hydrogen-bond donors (Lipinski definition) is 3. The van der Waals surface area contributed by atoms with Gasteiger partial charge in [-0.2, -0.15) is 13.1 Å². The second-order valence-corrected chi connectivity index (χ2v) is 5.84. The van der Waals surface area contributed by atoms with Crippen LogP contribution in [0.3, 0.4) is 0 Å². The molecule has 5 nitrogen and oxygen atoms in total. The van der Waals surface area contributed by atoms with Crippen LogP contribution in [0.4, 0.5) is 5.69 Å². The van der Waals surface area contributed by atoms with Crippen LogP contribution in [0, 0.1) is 0 Å². The second kappa shape index (κ2) is 6.72. The minimum atomic E-state index is -3.45. The molecule has 0 amide bonds. The predicted octanol–water partition coefficient (Wildman–Crippen LogP) is 1.45. The Hall–Kier alpha value is -1.11. The summed E-state index contributed by atoms with van der Waals surface area (Å²) in [4.78, 5) is 0. The molecule has 1 aromatic carbocycles. The lowest BCUT2D eigenvalue weighted by Crippen LogP contribution is -2.29. The van der Waals surface area contributed by atoms with Crippen molar-refractivity contribution in [2.45, 2.75) is 33.4 Å². The molecule has 0 heterocycles. The van der Waals surface area contributed by atoms with Gasteiger partial charge < -0.3 is 5.32 Å². The van der Waals surface area contributed by atoms with E-state index in [1.165, 1.54) is 0 Å². The van der Waals surface area contributed by atoms with Gasteiger partial charge in [0.1, 0.15) is 0 Å². The van der Waals surface area contributed by atoms with E-state index < -0.39 is 10.2 Å². The molecule has 0 bridgehead atoms. The minimum absolute atomic E-state index is 0.365. The molecule has 102 valence electrons. The first-order valence-electron chi connectivity index (χ1n) is 6.02. The van der Waals surface area contributed by atoms with Gasteiger partial charge in [-0.25, -0.2) is 0 Å². The van der Waals surface area contributed by atoms with Crippen LogP contribution in [-0.2, 0) is 16.8 Å². The molecule has 0 aliphatic carbocycles. The number of anilines is 1. The molecule has 0 unspecified atom stereocenters. The minimum Gasteiger partial charge on any atom is -0.310 e. The molecule has 0 saturated heterocycles. The van der Waals surface area contributed by atoms with Crippen LogP contribution in [0.5, 0.6) is 0 Å². The summed E-state index contributed by atoms with van der Waals surface area (Å²) < 4.78 is 27.9. The molecule has 0 atom stereocenters. The Kier molecular flexibility index (Phi) is 5.58. The van der Waals surface area contributed by atoms with Gasteiger partial charge in [-0.05, 0) is 17.7 Å². The lowest BCUT2D eigenvalue weighted by atomic mass is 10.2. The Labute approximate surface area is 109 Å². The van der Waals surface area contributed by atoms with Gasteiger partial charge in [0.15, 0.2) is 0 Å². The fourth-order valence-electron chi connectivity index (χ4n) is 1.45. The van der Waals surface area contributed by atoms with Crippen LogP contribution in [0.15, 0.2) is 24.3 Å². The second-order valence-electron chi connectivity index (χ2n) is 4.34. The maximum absolute atomic E-state index is 11.5. The van der Waals surface area contributed by atoms with E-state index in [4.69, 9.17) is 0 Å². The highest BCUT2D eigenvalue weighted by Crippen LogP contribution is 2.11. The van der Waals surface area contributed by atoms with Gasteiger partial charge in [-0.1, -0.05) is 32.9 Å². The van der Waals surface area contributed by atoms with E-state index in [-0.39, 0.29) is 0 Å². The molecule has 0 aromatic heterocycles. The van der Waals surface area contributed by atoms with Crippen LogP contribution in [0.2, 0.25) is 0 Å². The molecular formula is C12H21N3O2S. The average Bonchev–Trinajstić information content (AvgIpc) is 2.26. The molecule has 1 rings (SSSR count). The van der Waals surface area contributed by atoms with Crippen molar-refractivity contribution in [3.63, 3.8) is 0 Å². The van der Waals surface area contributed by atoms with Gasteiger partial charge in [0.2, 0.25) is 0 Å². The summed E-state index contributed by atoms with van der Waals surface area (Å²) in [7, 11) is -3.45. The van der Waals surface area contributed by atoms with Crippen molar-refractivity contribution in [1.29, 1.82) is 0 Å². The zero-order valence-electron chi connectivity index (χ0n) is 11.0. The van der Waals surface area contributed by atoms with E-state index in [1.807, 2.05) is 18.2 Å². The summed E-state index contributed by atoms with van der Waals surface area (Å²) >= 11 is 0. The Morgan fingerprint density at radius 2 is 2.00 bits per heavy atom. The average molecular weight is 271 g/mol. The van der Waals surface area contributed by atoms with Gasteiger partial charge in [0.05, 0.1) is 5.69 Å². The predicted molar refractivity (Wildman–Crippen MR) is 74.6 cm³/mol. The molecule has 0 aliphatic rings. The van der Waals surface area contributed by atoms with Crippen LogP contribution < -0.4 is 14.8 Å². The van der Waals surface area contributed by atoms with Crippen molar-refractivity contribution in [3.05, 3.63) is 29.8 Å². The van der Waals surface area contributed by atoms with E-state index >= 15 is 0 Å². The van der Waals surface area contributed by atoms with Crippen molar-refractivity contribution in [2.24, 2.45) is 0 Å². The molecule has 6 heteroatoms. The number of rotatable bonds is 7. The summed E-state index contributed by atoms with van der Waals surface area (Å²) in [6, 6.07) is 7.74. The molecule has 0 saturated carbocycles. The molecule has 18 heavy (non-hydrogen) atoms. The zero-order chi connectivity index (χ0) is 13.6. The van der Waals surface area contributed by atoms with E-state index in [9.17, 15) is 8.42 Å². The highest BCUT2D eigenvalue weighted by atomic mass is 32.2. The quantitative estimate of drug-likeness (QED) is 0.703. The fraction of sp³-hybridized carbons (Fsp3) is 0.500. The van der Waals surface area contributed by atoms with Gasteiger partial charge >= 0.3 is 0 Å². The van der Waals surface area contributed by atoms with E-state index in [0.717, 1.165) is 5.56 Å². The zero-order valence-corrected chi connectivity index (χ0v) is 11.8. The molecule has 0 aliphatic heterocycles. The molecule has 3 N–H and O–H groups in total. The summed E-state index contributed by atoms with van der Waals surface area (Å²) in [5, 5.41) is 3.28.